The summed E-state index contributed by atoms with van der Waals surface area (Å²) >= 11 is 0. The van der Waals surface area contributed by atoms with E-state index in [0.717, 1.165) is 13.1 Å². The largest absolute Gasteiger partial charge is 0.378 e. The number of nitrogens with zero attached hydrogens (tertiary/aromatic N) is 1. The molecule has 0 spiro atoms. The molecule has 1 aliphatic rings. The van der Waals surface area contributed by atoms with Gasteiger partial charge in [-0.3, -0.25) is 4.79 Å². The number of ether oxygens (including phenoxy) is 1. The normalized spacial score (nSPS) is 21.6. The molecule has 1 atom stereocenters. The molecule has 0 radical (unpaired) electrons. The van der Waals surface area contributed by atoms with Gasteiger partial charge in [-0.2, -0.15) is 0 Å². The van der Waals surface area contributed by atoms with Crippen LogP contribution >= 0.6 is 0 Å². The van der Waals surface area contributed by atoms with Gasteiger partial charge in [0, 0.05) is 19.6 Å². The molecular formula is C12H25N3O2. The maximum Gasteiger partial charge on any atom is 0.239 e. The first kappa shape index (κ1) is 14.4. The Balaban J connectivity index is 2.31. The fourth-order valence-corrected chi connectivity index (χ4v) is 2.10. The van der Waals surface area contributed by atoms with Crippen LogP contribution in [0.25, 0.3) is 0 Å². The van der Waals surface area contributed by atoms with Crippen molar-refractivity contribution in [3.8, 4) is 0 Å². The molecule has 1 unspecified atom stereocenters. The van der Waals surface area contributed by atoms with Crippen LogP contribution in [0.2, 0.25) is 0 Å². The van der Waals surface area contributed by atoms with Crippen molar-refractivity contribution in [2.45, 2.75) is 19.9 Å². The molecule has 0 saturated carbocycles. The average Bonchev–Trinajstić information content (AvgIpc) is 2.25. The molecule has 0 aromatic heterocycles. The van der Waals surface area contributed by atoms with Gasteiger partial charge < -0.3 is 20.3 Å². The van der Waals surface area contributed by atoms with E-state index in [2.05, 4.69) is 29.4 Å². The van der Waals surface area contributed by atoms with Crippen LogP contribution in [-0.4, -0.2) is 63.8 Å². The standard InChI is InChI=1S/C12H25N3O2/c1-12(2,9-15(3)4)8-14-11(16)10-7-17-6-5-13-10/h10,13H,5-9H2,1-4H3,(H,14,16). The molecule has 0 aromatic rings. The molecule has 1 rings (SSSR count). The number of morpholine rings is 1. The summed E-state index contributed by atoms with van der Waals surface area (Å²) in [5, 5.41) is 6.14. The van der Waals surface area contributed by atoms with Crippen LogP contribution in [0.15, 0.2) is 0 Å². The van der Waals surface area contributed by atoms with Gasteiger partial charge in [0.1, 0.15) is 6.04 Å². The molecule has 5 nitrogen and oxygen atoms in total. The lowest BCUT2D eigenvalue weighted by Crippen LogP contribution is -2.53. The molecule has 5 heteroatoms. The van der Waals surface area contributed by atoms with E-state index < -0.39 is 0 Å². The second kappa shape index (κ2) is 6.33. The number of rotatable bonds is 5. The van der Waals surface area contributed by atoms with E-state index in [1.807, 2.05) is 14.1 Å². The molecule has 0 aromatic carbocycles. The average molecular weight is 243 g/mol. The van der Waals surface area contributed by atoms with Crippen molar-refractivity contribution in [2.75, 3.05) is 46.9 Å². The molecule has 1 aliphatic heterocycles. The van der Waals surface area contributed by atoms with E-state index in [0.29, 0.717) is 19.8 Å². The highest BCUT2D eigenvalue weighted by atomic mass is 16.5. The summed E-state index contributed by atoms with van der Waals surface area (Å²) in [5.74, 6) is 0.0385. The summed E-state index contributed by atoms with van der Waals surface area (Å²) in [6.07, 6.45) is 0. The van der Waals surface area contributed by atoms with Crippen molar-refractivity contribution in [3.05, 3.63) is 0 Å². The molecule has 1 saturated heterocycles. The van der Waals surface area contributed by atoms with Gasteiger partial charge in [0.25, 0.3) is 0 Å². The summed E-state index contributed by atoms with van der Waals surface area (Å²) in [5.41, 5.74) is 0.0781. The minimum Gasteiger partial charge on any atom is -0.378 e. The van der Waals surface area contributed by atoms with Crippen LogP contribution in [0.5, 0.6) is 0 Å². The molecule has 1 amide bonds. The van der Waals surface area contributed by atoms with Crippen LogP contribution in [-0.2, 0) is 9.53 Å². The highest BCUT2D eigenvalue weighted by Crippen LogP contribution is 2.14. The van der Waals surface area contributed by atoms with Crippen LogP contribution in [0.1, 0.15) is 13.8 Å². The second-order valence-electron chi connectivity index (χ2n) is 5.70. The Hall–Kier alpha value is -0.650. The van der Waals surface area contributed by atoms with E-state index in [1.165, 1.54) is 0 Å². The minimum absolute atomic E-state index is 0.0385. The number of amides is 1. The predicted molar refractivity (Wildman–Crippen MR) is 68.0 cm³/mol. The first-order valence-corrected chi connectivity index (χ1v) is 6.14. The lowest BCUT2D eigenvalue weighted by Gasteiger charge is -2.30. The molecule has 17 heavy (non-hydrogen) atoms. The third-order valence-corrected chi connectivity index (χ3v) is 2.72. The fourth-order valence-electron chi connectivity index (χ4n) is 2.10. The molecule has 0 bridgehead atoms. The topological polar surface area (TPSA) is 53.6 Å². The third-order valence-electron chi connectivity index (χ3n) is 2.72. The molecule has 2 N–H and O–H groups in total. The summed E-state index contributed by atoms with van der Waals surface area (Å²) < 4.78 is 5.27. The van der Waals surface area contributed by atoms with Crippen molar-refractivity contribution in [2.24, 2.45) is 5.41 Å². The summed E-state index contributed by atoms with van der Waals surface area (Å²) in [6, 6.07) is -0.195. The van der Waals surface area contributed by atoms with Gasteiger partial charge in [0.15, 0.2) is 0 Å². The van der Waals surface area contributed by atoms with Crippen LogP contribution in [0.4, 0.5) is 0 Å². The first-order chi connectivity index (χ1) is 7.91. The van der Waals surface area contributed by atoms with Crippen LogP contribution in [0, 0.1) is 5.41 Å². The minimum atomic E-state index is -0.195. The van der Waals surface area contributed by atoms with Gasteiger partial charge in [-0.05, 0) is 19.5 Å². The Morgan fingerprint density at radius 1 is 1.53 bits per heavy atom. The van der Waals surface area contributed by atoms with Crippen molar-refractivity contribution >= 4 is 5.91 Å². The Bertz CT molecular complexity index is 248. The fraction of sp³-hybridized carbons (Fsp3) is 0.917. The van der Waals surface area contributed by atoms with E-state index in [-0.39, 0.29) is 17.4 Å². The van der Waals surface area contributed by atoms with Crippen LogP contribution in [0.3, 0.4) is 0 Å². The van der Waals surface area contributed by atoms with Gasteiger partial charge in [-0.1, -0.05) is 13.8 Å². The van der Waals surface area contributed by atoms with E-state index in [9.17, 15) is 4.79 Å². The number of nitrogens with one attached hydrogen (secondary N) is 2. The molecule has 1 fully saturated rings. The van der Waals surface area contributed by atoms with E-state index >= 15 is 0 Å². The molecular weight excluding hydrogens is 218 g/mol. The summed E-state index contributed by atoms with van der Waals surface area (Å²) in [6.45, 7) is 7.84. The maximum atomic E-state index is 11.9. The quantitative estimate of drug-likeness (QED) is 0.695. The smallest absolute Gasteiger partial charge is 0.239 e. The maximum absolute atomic E-state index is 11.9. The monoisotopic (exact) mass is 243 g/mol. The lowest BCUT2D eigenvalue weighted by molar-refractivity contribution is -0.126. The van der Waals surface area contributed by atoms with E-state index in [1.54, 1.807) is 0 Å². The Labute approximate surface area is 104 Å². The van der Waals surface area contributed by atoms with Gasteiger partial charge in [0.2, 0.25) is 5.91 Å². The Kier molecular flexibility index (Phi) is 5.36. The van der Waals surface area contributed by atoms with E-state index in [4.69, 9.17) is 4.74 Å². The van der Waals surface area contributed by atoms with Gasteiger partial charge in [0.05, 0.1) is 13.2 Å². The SMILES string of the molecule is CN(C)CC(C)(C)CNC(=O)C1COCCN1. The number of carbonyl (C=O) groups excluding carboxylic acids is 1. The van der Waals surface area contributed by atoms with Crippen molar-refractivity contribution in [1.82, 2.24) is 15.5 Å². The molecule has 0 aliphatic carbocycles. The molecule has 1 heterocycles. The zero-order valence-corrected chi connectivity index (χ0v) is 11.4. The highest BCUT2D eigenvalue weighted by molar-refractivity contribution is 5.82. The van der Waals surface area contributed by atoms with Crippen molar-refractivity contribution < 1.29 is 9.53 Å². The van der Waals surface area contributed by atoms with Crippen LogP contribution < -0.4 is 10.6 Å². The van der Waals surface area contributed by atoms with Crippen molar-refractivity contribution in [3.63, 3.8) is 0 Å². The predicted octanol–water partition coefficient (Wildman–Crippen LogP) is -0.321. The Morgan fingerprint density at radius 2 is 2.24 bits per heavy atom. The van der Waals surface area contributed by atoms with Gasteiger partial charge in [-0.25, -0.2) is 0 Å². The third kappa shape index (κ3) is 5.48. The summed E-state index contributed by atoms with van der Waals surface area (Å²) in [4.78, 5) is 14.0. The zero-order valence-electron chi connectivity index (χ0n) is 11.4. The van der Waals surface area contributed by atoms with Crippen molar-refractivity contribution in [1.29, 1.82) is 0 Å². The summed E-state index contributed by atoms with van der Waals surface area (Å²) in [7, 11) is 4.08. The Morgan fingerprint density at radius 3 is 2.76 bits per heavy atom. The lowest BCUT2D eigenvalue weighted by atomic mass is 9.93. The number of carbonyl (C=O) groups is 1. The van der Waals surface area contributed by atoms with Gasteiger partial charge >= 0.3 is 0 Å². The first-order valence-electron chi connectivity index (χ1n) is 6.14. The second-order valence-corrected chi connectivity index (χ2v) is 5.70. The molecule has 100 valence electrons. The highest BCUT2D eigenvalue weighted by Gasteiger charge is 2.24. The number of hydrogen-bond acceptors (Lipinski definition) is 4. The zero-order chi connectivity index (χ0) is 12.9. The van der Waals surface area contributed by atoms with Gasteiger partial charge in [-0.15, -0.1) is 0 Å². The number of hydrogen-bond donors (Lipinski definition) is 2.